The summed E-state index contributed by atoms with van der Waals surface area (Å²) in [4.78, 5) is 22.7. The molecule has 0 aromatic rings. The zero-order valence-corrected chi connectivity index (χ0v) is 15.0. The first kappa shape index (κ1) is 20.9. The third-order valence-electron chi connectivity index (χ3n) is 5.02. The van der Waals surface area contributed by atoms with Gasteiger partial charge in [0.25, 0.3) is 0 Å². The molecule has 0 aliphatic carbocycles. The summed E-state index contributed by atoms with van der Waals surface area (Å²) < 4.78 is 5.57. The topological polar surface area (TPSA) is 63.6 Å². The fourth-order valence-corrected chi connectivity index (χ4v) is 3.14. The zero-order chi connectivity index (χ0) is 17.2. The molecule has 0 rings (SSSR count). The summed E-state index contributed by atoms with van der Waals surface area (Å²) in [6.45, 7) is 10.4. The molecule has 0 spiro atoms. The number of hydrogen-bond donors (Lipinski definition) is 1. The van der Waals surface area contributed by atoms with Crippen LogP contribution in [0.2, 0.25) is 0 Å². The minimum Gasteiger partial charge on any atom is -0.473 e. The summed E-state index contributed by atoms with van der Waals surface area (Å²) in [5.74, 6) is -2.31. The normalized spacial score (nSPS) is 16.6. The van der Waals surface area contributed by atoms with Gasteiger partial charge in [0.15, 0.2) is 0 Å². The quantitative estimate of drug-likeness (QED) is 0.338. The molecule has 130 valence electrons. The maximum atomic E-state index is 11.7. The van der Waals surface area contributed by atoms with Crippen molar-refractivity contribution < 1.29 is 19.4 Å². The van der Waals surface area contributed by atoms with E-state index in [1.807, 2.05) is 0 Å². The van der Waals surface area contributed by atoms with Gasteiger partial charge in [0.2, 0.25) is 0 Å². The lowest BCUT2D eigenvalue weighted by molar-refractivity contribution is -0.186. The second kappa shape index (κ2) is 10.6. The number of ether oxygens (including phenoxy) is 1. The number of aliphatic carboxylic acids is 1. The molecule has 0 bridgehead atoms. The molecular formula is C18H34O4. The van der Waals surface area contributed by atoms with E-state index in [-0.39, 0.29) is 11.8 Å². The molecule has 4 nitrogen and oxygen atoms in total. The molecule has 0 amide bonds. The maximum absolute atomic E-state index is 11.7. The molecule has 1 N–H and O–H groups in total. The van der Waals surface area contributed by atoms with Gasteiger partial charge in [-0.15, -0.1) is 0 Å². The van der Waals surface area contributed by atoms with Crippen molar-refractivity contribution in [2.24, 2.45) is 11.8 Å². The van der Waals surface area contributed by atoms with Crippen molar-refractivity contribution in [3.8, 4) is 0 Å². The highest BCUT2D eigenvalue weighted by Gasteiger charge is 2.44. The molecule has 0 aromatic carbocycles. The summed E-state index contributed by atoms with van der Waals surface area (Å²) >= 11 is 0. The van der Waals surface area contributed by atoms with Crippen LogP contribution in [0.5, 0.6) is 0 Å². The molecule has 2 atom stereocenters. The van der Waals surface area contributed by atoms with Gasteiger partial charge in [-0.05, 0) is 37.5 Å². The first-order chi connectivity index (χ1) is 10.4. The third-order valence-corrected chi connectivity index (χ3v) is 5.02. The molecule has 0 saturated heterocycles. The van der Waals surface area contributed by atoms with Gasteiger partial charge in [-0.3, -0.25) is 0 Å². The first-order valence-corrected chi connectivity index (χ1v) is 8.81. The van der Waals surface area contributed by atoms with Crippen molar-refractivity contribution in [1.82, 2.24) is 0 Å². The number of carbonyl (C=O) groups is 2. The molecule has 2 unspecified atom stereocenters. The van der Waals surface area contributed by atoms with Gasteiger partial charge in [0, 0.05) is 0 Å². The fourth-order valence-electron chi connectivity index (χ4n) is 3.14. The highest BCUT2D eigenvalue weighted by Crippen LogP contribution is 2.39. The Morgan fingerprint density at radius 2 is 1.45 bits per heavy atom. The average Bonchev–Trinajstić information content (AvgIpc) is 2.51. The van der Waals surface area contributed by atoms with Crippen LogP contribution < -0.4 is 0 Å². The largest absolute Gasteiger partial charge is 0.473 e. The standard InChI is InChI=1S/C18H34O4/c1-6-9-10-11-12-13-18(14(4)7-2,15(5)8-3)22-17(21)16(19)20/h14-15H,6-13H2,1-5H3,(H,19,20). The highest BCUT2D eigenvalue weighted by molar-refractivity contribution is 6.28. The van der Waals surface area contributed by atoms with Gasteiger partial charge in [-0.2, -0.15) is 0 Å². The number of carbonyl (C=O) groups excluding carboxylic acids is 1. The lowest BCUT2D eigenvalue weighted by atomic mass is 9.72. The van der Waals surface area contributed by atoms with Crippen molar-refractivity contribution in [2.75, 3.05) is 0 Å². The Morgan fingerprint density at radius 3 is 1.86 bits per heavy atom. The molecule has 0 saturated carbocycles. The van der Waals surface area contributed by atoms with Gasteiger partial charge < -0.3 is 9.84 Å². The Labute approximate surface area is 135 Å². The van der Waals surface area contributed by atoms with Crippen LogP contribution in [0.1, 0.15) is 86.0 Å². The van der Waals surface area contributed by atoms with E-state index in [2.05, 4.69) is 34.6 Å². The summed E-state index contributed by atoms with van der Waals surface area (Å²) in [6, 6.07) is 0. The van der Waals surface area contributed by atoms with E-state index < -0.39 is 17.5 Å². The Kier molecular flexibility index (Phi) is 10.1. The molecule has 0 aliphatic heterocycles. The van der Waals surface area contributed by atoms with Gasteiger partial charge in [-0.25, -0.2) is 9.59 Å². The number of unbranched alkanes of at least 4 members (excludes halogenated alkanes) is 4. The van der Waals surface area contributed by atoms with Crippen molar-refractivity contribution >= 4 is 11.9 Å². The number of carboxylic acids is 1. The average molecular weight is 314 g/mol. The third kappa shape index (κ3) is 5.98. The smallest absolute Gasteiger partial charge is 0.417 e. The molecule has 0 radical (unpaired) electrons. The van der Waals surface area contributed by atoms with Crippen LogP contribution in [-0.4, -0.2) is 22.6 Å². The van der Waals surface area contributed by atoms with E-state index in [1.54, 1.807) is 0 Å². The molecule has 0 fully saturated rings. The van der Waals surface area contributed by atoms with E-state index >= 15 is 0 Å². The summed E-state index contributed by atoms with van der Waals surface area (Å²) in [6.07, 6.45) is 8.15. The summed E-state index contributed by atoms with van der Waals surface area (Å²) in [5.41, 5.74) is -0.662. The zero-order valence-electron chi connectivity index (χ0n) is 15.0. The highest BCUT2D eigenvalue weighted by atomic mass is 16.6. The molecule has 22 heavy (non-hydrogen) atoms. The lowest BCUT2D eigenvalue weighted by Crippen LogP contribution is -2.48. The second-order valence-corrected chi connectivity index (χ2v) is 6.43. The van der Waals surface area contributed by atoms with Crippen molar-refractivity contribution in [3.05, 3.63) is 0 Å². The van der Waals surface area contributed by atoms with Crippen LogP contribution in [0.3, 0.4) is 0 Å². The minimum absolute atomic E-state index is 0.150. The van der Waals surface area contributed by atoms with E-state index in [1.165, 1.54) is 19.3 Å². The minimum atomic E-state index is -1.50. The molecule has 0 heterocycles. The summed E-state index contributed by atoms with van der Waals surface area (Å²) in [7, 11) is 0. The molecule has 4 heteroatoms. The van der Waals surface area contributed by atoms with Crippen LogP contribution >= 0.6 is 0 Å². The number of carboxylic acid groups (broad SMARTS) is 1. The van der Waals surface area contributed by atoms with Gasteiger partial charge in [0.05, 0.1) is 0 Å². The Hall–Kier alpha value is -1.06. The van der Waals surface area contributed by atoms with Crippen LogP contribution in [0.4, 0.5) is 0 Å². The monoisotopic (exact) mass is 314 g/mol. The SMILES string of the molecule is CCCCCCCC(OC(=O)C(=O)O)(C(C)CC)C(C)CC. The number of rotatable bonds is 11. The molecule has 0 aromatic heterocycles. The van der Waals surface area contributed by atoms with Crippen molar-refractivity contribution in [2.45, 2.75) is 91.6 Å². The fraction of sp³-hybridized carbons (Fsp3) is 0.889. The predicted molar refractivity (Wildman–Crippen MR) is 88.7 cm³/mol. The van der Waals surface area contributed by atoms with Crippen molar-refractivity contribution in [3.63, 3.8) is 0 Å². The number of esters is 1. The van der Waals surface area contributed by atoms with Crippen LogP contribution in [0.25, 0.3) is 0 Å². The van der Waals surface area contributed by atoms with E-state index in [4.69, 9.17) is 9.84 Å². The van der Waals surface area contributed by atoms with E-state index in [0.29, 0.717) is 0 Å². The Balaban J connectivity index is 5.11. The van der Waals surface area contributed by atoms with Gasteiger partial charge in [0.1, 0.15) is 5.60 Å². The van der Waals surface area contributed by atoms with Crippen LogP contribution in [-0.2, 0) is 14.3 Å². The molecule has 0 aliphatic rings. The van der Waals surface area contributed by atoms with Crippen molar-refractivity contribution in [1.29, 1.82) is 0 Å². The van der Waals surface area contributed by atoms with E-state index in [9.17, 15) is 9.59 Å². The first-order valence-electron chi connectivity index (χ1n) is 8.81. The Bertz CT molecular complexity index is 328. The predicted octanol–water partition coefficient (Wildman–Crippen LogP) is 4.81. The second-order valence-electron chi connectivity index (χ2n) is 6.43. The van der Waals surface area contributed by atoms with E-state index in [0.717, 1.165) is 32.1 Å². The van der Waals surface area contributed by atoms with Crippen LogP contribution in [0, 0.1) is 11.8 Å². The lowest BCUT2D eigenvalue weighted by Gasteiger charge is -2.42. The van der Waals surface area contributed by atoms with Crippen LogP contribution in [0.15, 0.2) is 0 Å². The summed E-state index contributed by atoms with van der Waals surface area (Å²) in [5, 5.41) is 8.92. The molecular weight excluding hydrogens is 280 g/mol. The van der Waals surface area contributed by atoms with Gasteiger partial charge in [-0.1, -0.05) is 60.3 Å². The van der Waals surface area contributed by atoms with Gasteiger partial charge >= 0.3 is 11.9 Å². The Morgan fingerprint density at radius 1 is 0.955 bits per heavy atom. The maximum Gasteiger partial charge on any atom is 0.417 e. The number of hydrogen-bond acceptors (Lipinski definition) is 3.